The minimum absolute atomic E-state index is 0.117. The second-order valence-electron chi connectivity index (χ2n) is 5.81. The van der Waals surface area contributed by atoms with Crippen molar-refractivity contribution in [3.63, 3.8) is 0 Å². The molecule has 0 saturated heterocycles. The molecular formula is C13H26N2O2. The van der Waals surface area contributed by atoms with Crippen molar-refractivity contribution in [2.75, 3.05) is 20.7 Å². The second kappa shape index (κ2) is 5.36. The number of nitrogens with zero attached hydrogens (tertiary/aromatic N) is 1. The molecule has 0 aromatic heterocycles. The van der Waals surface area contributed by atoms with E-state index in [0.29, 0.717) is 18.7 Å². The highest BCUT2D eigenvalue weighted by molar-refractivity contribution is 5.78. The number of carbonyl (C=O) groups is 1. The van der Waals surface area contributed by atoms with Gasteiger partial charge in [-0.1, -0.05) is 13.8 Å². The molecule has 0 spiro atoms. The fourth-order valence-corrected chi connectivity index (χ4v) is 2.26. The standard InChI is InChI=1S/C13H26N2O2/c1-9(2)15(5)12(16)8-14-10-7-11(17-6)13(10,3)4/h9-11,14H,7-8H2,1-6H3. The first-order valence-corrected chi connectivity index (χ1v) is 6.32. The smallest absolute Gasteiger partial charge is 0.236 e. The molecule has 1 amide bonds. The minimum atomic E-state index is 0.117. The third-order valence-electron chi connectivity index (χ3n) is 4.13. The Balaban J connectivity index is 2.36. The van der Waals surface area contributed by atoms with Gasteiger partial charge in [0, 0.05) is 31.7 Å². The van der Waals surface area contributed by atoms with Crippen LogP contribution in [0.25, 0.3) is 0 Å². The average Bonchev–Trinajstić information content (AvgIpc) is 2.26. The first-order valence-electron chi connectivity index (χ1n) is 6.32. The summed E-state index contributed by atoms with van der Waals surface area (Å²) in [6.45, 7) is 8.81. The van der Waals surface area contributed by atoms with Crippen molar-refractivity contribution in [3.05, 3.63) is 0 Å². The van der Waals surface area contributed by atoms with Crippen LogP contribution in [0.4, 0.5) is 0 Å². The number of nitrogens with one attached hydrogen (secondary N) is 1. The maximum atomic E-state index is 11.8. The zero-order valence-corrected chi connectivity index (χ0v) is 11.9. The SMILES string of the molecule is COC1CC(NCC(=O)N(C)C(C)C)C1(C)C. The fourth-order valence-electron chi connectivity index (χ4n) is 2.26. The van der Waals surface area contributed by atoms with Crippen LogP contribution >= 0.6 is 0 Å². The Morgan fingerprint density at radius 2 is 2.12 bits per heavy atom. The minimum Gasteiger partial charge on any atom is -0.381 e. The highest BCUT2D eigenvalue weighted by Gasteiger charge is 2.48. The molecule has 4 nitrogen and oxygen atoms in total. The highest BCUT2D eigenvalue weighted by atomic mass is 16.5. The number of methoxy groups -OCH3 is 1. The van der Waals surface area contributed by atoms with Gasteiger partial charge in [0.25, 0.3) is 0 Å². The van der Waals surface area contributed by atoms with Crippen LogP contribution in [0.2, 0.25) is 0 Å². The first kappa shape index (κ1) is 14.5. The van der Waals surface area contributed by atoms with Crippen LogP contribution in [0.3, 0.4) is 0 Å². The summed E-state index contributed by atoms with van der Waals surface area (Å²) in [7, 11) is 3.60. The van der Waals surface area contributed by atoms with Crippen molar-refractivity contribution >= 4 is 5.91 Å². The first-order chi connectivity index (χ1) is 7.80. The van der Waals surface area contributed by atoms with E-state index in [-0.39, 0.29) is 17.4 Å². The van der Waals surface area contributed by atoms with E-state index in [1.165, 1.54) is 0 Å². The lowest BCUT2D eigenvalue weighted by molar-refractivity contribution is -0.133. The summed E-state index contributed by atoms with van der Waals surface area (Å²) < 4.78 is 5.39. The van der Waals surface area contributed by atoms with E-state index < -0.39 is 0 Å². The van der Waals surface area contributed by atoms with Crippen LogP contribution in [-0.4, -0.2) is 49.7 Å². The molecular weight excluding hydrogens is 216 g/mol. The summed E-state index contributed by atoms with van der Waals surface area (Å²) in [6, 6.07) is 0.627. The molecule has 0 bridgehead atoms. The predicted molar refractivity (Wildman–Crippen MR) is 68.9 cm³/mol. The molecule has 0 aromatic carbocycles. The number of rotatable bonds is 5. The van der Waals surface area contributed by atoms with Crippen molar-refractivity contribution in [2.45, 2.75) is 52.3 Å². The molecule has 1 rings (SSSR count). The van der Waals surface area contributed by atoms with E-state index in [9.17, 15) is 4.79 Å². The highest BCUT2D eigenvalue weighted by Crippen LogP contribution is 2.42. The van der Waals surface area contributed by atoms with Crippen molar-refractivity contribution in [1.29, 1.82) is 0 Å². The van der Waals surface area contributed by atoms with Gasteiger partial charge in [0.1, 0.15) is 0 Å². The fraction of sp³-hybridized carbons (Fsp3) is 0.923. The number of amides is 1. The number of hydrogen-bond donors (Lipinski definition) is 1. The summed E-state index contributed by atoms with van der Waals surface area (Å²) in [5, 5.41) is 3.34. The third kappa shape index (κ3) is 2.99. The molecule has 0 aliphatic heterocycles. The Hall–Kier alpha value is -0.610. The van der Waals surface area contributed by atoms with Crippen molar-refractivity contribution in [2.24, 2.45) is 5.41 Å². The summed E-state index contributed by atoms with van der Waals surface area (Å²) in [6.07, 6.45) is 1.29. The van der Waals surface area contributed by atoms with Crippen LogP contribution < -0.4 is 5.32 Å². The van der Waals surface area contributed by atoms with Crippen LogP contribution in [0, 0.1) is 5.41 Å². The van der Waals surface area contributed by atoms with Gasteiger partial charge in [-0.3, -0.25) is 4.79 Å². The average molecular weight is 242 g/mol. The van der Waals surface area contributed by atoms with Gasteiger partial charge in [-0.15, -0.1) is 0 Å². The maximum absolute atomic E-state index is 11.8. The molecule has 1 saturated carbocycles. The Kier molecular flexibility index (Phi) is 4.55. The lowest BCUT2D eigenvalue weighted by atomic mass is 9.64. The zero-order valence-electron chi connectivity index (χ0n) is 11.9. The van der Waals surface area contributed by atoms with Crippen LogP contribution in [0.5, 0.6) is 0 Å². The summed E-state index contributed by atoms with van der Waals surface area (Å²) in [5.74, 6) is 0.150. The van der Waals surface area contributed by atoms with Gasteiger partial charge in [0.2, 0.25) is 5.91 Å². The summed E-state index contributed by atoms with van der Waals surface area (Å²) in [5.41, 5.74) is 0.117. The summed E-state index contributed by atoms with van der Waals surface area (Å²) in [4.78, 5) is 13.6. The Bertz CT molecular complexity index is 277. The van der Waals surface area contributed by atoms with Gasteiger partial charge in [-0.2, -0.15) is 0 Å². The number of carbonyl (C=O) groups excluding carboxylic acids is 1. The Morgan fingerprint density at radius 1 is 1.53 bits per heavy atom. The predicted octanol–water partition coefficient (Wildman–Crippen LogP) is 1.26. The van der Waals surface area contributed by atoms with Gasteiger partial charge in [-0.05, 0) is 20.3 Å². The molecule has 1 fully saturated rings. The number of ether oxygens (including phenoxy) is 1. The molecule has 0 aromatic rings. The van der Waals surface area contributed by atoms with Gasteiger partial charge in [0.15, 0.2) is 0 Å². The molecule has 0 heterocycles. The Morgan fingerprint density at radius 3 is 2.53 bits per heavy atom. The molecule has 2 atom stereocenters. The quantitative estimate of drug-likeness (QED) is 0.789. The van der Waals surface area contributed by atoms with Crippen LogP contribution in [0.15, 0.2) is 0 Å². The number of likely N-dealkylation sites (N-methyl/N-ethyl adjacent to an activating group) is 1. The van der Waals surface area contributed by atoms with Crippen LogP contribution in [0.1, 0.15) is 34.1 Å². The molecule has 1 aliphatic rings. The second-order valence-corrected chi connectivity index (χ2v) is 5.81. The van der Waals surface area contributed by atoms with Crippen molar-refractivity contribution < 1.29 is 9.53 Å². The molecule has 17 heavy (non-hydrogen) atoms. The monoisotopic (exact) mass is 242 g/mol. The molecule has 0 radical (unpaired) electrons. The van der Waals surface area contributed by atoms with Gasteiger partial charge in [0.05, 0.1) is 12.6 Å². The van der Waals surface area contributed by atoms with E-state index in [1.807, 2.05) is 20.9 Å². The lowest BCUT2D eigenvalue weighted by Crippen LogP contribution is -2.61. The van der Waals surface area contributed by atoms with Crippen LogP contribution in [-0.2, 0) is 9.53 Å². The molecule has 100 valence electrons. The zero-order chi connectivity index (χ0) is 13.2. The topological polar surface area (TPSA) is 41.6 Å². The third-order valence-corrected chi connectivity index (χ3v) is 4.13. The maximum Gasteiger partial charge on any atom is 0.236 e. The number of hydrogen-bond acceptors (Lipinski definition) is 3. The van der Waals surface area contributed by atoms with Crippen molar-refractivity contribution in [3.8, 4) is 0 Å². The van der Waals surface area contributed by atoms with E-state index in [0.717, 1.165) is 6.42 Å². The van der Waals surface area contributed by atoms with Gasteiger partial charge >= 0.3 is 0 Å². The van der Waals surface area contributed by atoms with E-state index >= 15 is 0 Å². The lowest BCUT2D eigenvalue weighted by Gasteiger charge is -2.51. The Labute approximate surface area is 105 Å². The largest absolute Gasteiger partial charge is 0.381 e. The van der Waals surface area contributed by atoms with Gasteiger partial charge < -0.3 is 15.0 Å². The van der Waals surface area contributed by atoms with Crippen molar-refractivity contribution in [1.82, 2.24) is 10.2 Å². The van der Waals surface area contributed by atoms with Gasteiger partial charge in [-0.25, -0.2) is 0 Å². The van der Waals surface area contributed by atoms with E-state index in [1.54, 1.807) is 12.0 Å². The normalized spacial score (nSPS) is 26.8. The van der Waals surface area contributed by atoms with E-state index in [4.69, 9.17) is 4.74 Å². The molecule has 2 unspecified atom stereocenters. The molecule has 1 aliphatic carbocycles. The van der Waals surface area contributed by atoms with E-state index in [2.05, 4.69) is 19.2 Å². The molecule has 4 heteroatoms. The summed E-state index contributed by atoms with van der Waals surface area (Å²) >= 11 is 0. The molecule has 1 N–H and O–H groups in total.